The molecule has 1 aliphatic carbocycles. The molecular formula is C20H28N4. The summed E-state index contributed by atoms with van der Waals surface area (Å²) in [5.74, 6) is 2.17. The van der Waals surface area contributed by atoms with Crippen molar-refractivity contribution in [2.45, 2.75) is 64.8 Å². The maximum atomic E-state index is 4.66. The van der Waals surface area contributed by atoms with Crippen LogP contribution in [-0.2, 0) is 5.41 Å². The van der Waals surface area contributed by atoms with Gasteiger partial charge in [0.2, 0.25) is 5.95 Å². The summed E-state index contributed by atoms with van der Waals surface area (Å²) in [5, 5.41) is 6.75. The van der Waals surface area contributed by atoms with Gasteiger partial charge in [-0.25, -0.2) is 4.98 Å². The molecule has 2 N–H and O–H groups in total. The molecule has 0 saturated heterocycles. The third-order valence-corrected chi connectivity index (χ3v) is 4.18. The molecule has 1 fully saturated rings. The summed E-state index contributed by atoms with van der Waals surface area (Å²) >= 11 is 0. The normalized spacial score (nSPS) is 14.8. The van der Waals surface area contributed by atoms with Crippen LogP contribution in [0.3, 0.4) is 0 Å². The Morgan fingerprint density at radius 2 is 1.71 bits per heavy atom. The highest BCUT2D eigenvalue weighted by Crippen LogP contribution is 2.40. The second-order valence-corrected chi connectivity index (χ2v) is 8.03. The fraction of sp³-hybridized carbons (Fsp3) is 0.500. The first-order valence-corrected chi connectivity index (χ1v) is 8.84. The lowest BCUT2D eigenvalue weighted by Crippen LogP contribution is -2.14. The van der Waals surface area contributed by atoms with Gasteiger partial charge in [-0.3, -0.25) is 0 Å². The highest BCUT2D eigenvalue weighted by atomic mass is 15.2. The lowest BCUT2D eigenvalue weighted by molar-refractivity contribution is 0.590. The van der Waals surface area contributed by atoms with Gasteiger partial charge in [0.25, 0.3) is 0 Å². The zero-order chi connectivity index (χ0) is 17.3. The summed E-state index contributed by atoms with van der Waals surface area (Å²) < 4.78 is 0. The Kier molecular flexibility index (Phi) is 4.48. The van der Waals surface area contributed by atoms with Gasteiger partial charge in [-0.1, -0.05) is 32.9 Å². The van der Waals surface area contributed by atoms with Gasteiger partial charge >= 0.3 is 0 Å². The first-order valence-electron chi connectivity index (χ1n) is 8.84. The van der Waals surface area contributed by atoms with E-state index in [2.05, 4.69) is 85.6 Å². The van der Waals surface area contributed by atoms with Crippen LogP contribution in [0.2, 0.25) is 0 Å². The Bertz CT molecular complexity index is 695. The standard InChI is InChI=1S/C20H28N4/c1-13(2)21-19-23-17(14-6-7-14)12-18(24-19)22-16-10-8-15(9-11-16)20(3,4)5/h8-14H,6-7H2,1-5H3,(H2,21,22,23,24). The predicted octanol–water partition coefficient (Wildman–Crippen LogP) is 5.22. The van der Waals surface area contributed by atoms with Crippen LogP contribution < -0.4 is 10.6 Å². The van der Waals surface area contributed by atoms with Gasteiger partial charge in [-0.15, -0.1) is 0 Å². The van der Waals surface area contributed by atoms with E-state index in [0.717, 1.165) is 17.2 Å². The van der Waals surface area contributed by atoms with Crippen molar-refractivity contribution in [1.29, 1.82) is 0 Å². The zero-order valence-electron chi connectivity index (χ0n) is 15.4. The van der Waals surface area contributed by atoms with Crippen molar-refractivity contribution in [2.75, 3.05) is 10.6 Å². The molecule has 1 heterocycles. The maximum Gasteiger partial charge on any atom is 0.225 e. The van der Waals surface area contributed by atoms with Crippen LogP contribution in [0, 0.1) is 0 Å². The molecule has 1 aliphatic rings. The molecule has 0 unspecified atom stereocenters. The van der Waals surface area contributed by atoms with E-state index in [1.54, 1.807) is 0 Å². The fourth-order valence-electron chi connectivity index (χ4n) is 2.64. The second-order valence-electron chi connectivity index (χ2n) is 8.03. The molecule has 0 radical (unpaired) electrons. The second kappa shape index (κ2) is 6.42. The van der Waals surface area contributed by atoms with Crippen LogP contribution in [0.1, 0.15) is 64.6 Å². The Morgan fingerprint density at radius 1 is 1.04 bits per heavy atom. The SMILES string of the molecule is CC(C)Nc1nc(Nc2ccc(C(C)(C)C)cc2)cc(C2CC2)n1. The first-order chi connectivity index (χ1) is 11.3. The Balaban J connectivity index is 1.82. The minimum Gasteiger partial charge on any atom is -0.352 e. The third kappa shape index (κ3) is 4.25. The summed E-state index contributed by atoms with van der Waals surface area (Å²) in [7, 11) is 0. The van der Waals surface area contributed by atoms with E-state index >= 15 is 0 Å². The summed E-state index contributed by atoms with van der Waals surface area (Å²) in [6.07, 6.45) is 2.47. The molecule has 3 rings (SSSR count). The van der Waals surface area contributed by atoms with E-state index in [1.165, 1.54) is 18.4 Å². The molecule has 24 heavy (non-hydrogen) atoms. The highest BCUT2D eigenvalue weighted by Gasteiger charge is 2.26. The van der Waals surface area contributed by atoms with Crippen LogP contribution in [0.25, 0.3) is 0 Å². The summed E-state index contributed by atoms with van der Waals surface area (Å²) in [5.41, 5.74) is 3.69. The predicted molar refractivity (Wildman–Crippen MR) is 101 cm³/mol. The lowest BCUT2D eigenvalue weighted by atomic mass is 9.87. The molecule has 0 atom stereocenters. The smallest absolute Gasteiger partial charge is 0.225 e. The van der Waals surface area contributed by atoms with Crippen molar-refractivity contribution in [1.82, 2.24) is 9.97 Å². The van der Waals surface area contributed by atoms with E-state index < -0.39 is 0 Å². The van der Waals surface area contributed by atoms with Crippen LogP contribution in [0.4, 0.5) is 17.5 Å². The first kappa shape index (κ1) is 16.7. The van der Waals surface area contributed by atoms with E-state index in [1.807, 2.05) is 0 Å². The average Bonchev–Trinajstić information content (AvgIpc) is 3.30. The Morgan fingerprint density at radius 3 is 2.25 bits per heavy atom. The quantitative estimate of drug-likeness (QED) is 0.792. The molecule has 0 spiro atoms. The number of nitrogens with one attached hydrogen (secondary N) is 2. The molecule has 1 saturated carbocycles. The summed E-state index contributed by atoms with van der Waals surface area (Å²) in [6, 6.07) is 11.0. The van der Waals surface area contributed by atoms with E-state index in [9.17, 15) is 0 Å². The van der Waals surface area contributed by atoms with Gasteiger partial charge in [-0.2, -0.15) is 4.98 Å². The van der Waals surface area contributed by atoms with Crippen molar-refractivity contribution < 1.29 is 0 Å². The van der Waals surface area contributed by atoms with Gasteiger partial charge in [-0.05, 0) is 49.8 Å². The largest absolute Gasteiger partial charge is 0.352 e. The maximum absolute atomic E-state index is 4.66. The zero-order valence-corrected chi connectivity index (χ0v) is 15.4. The van der Waals surface area contributed by atoms with Crippen LogP contribution in [0.5, 0.6) is 0 Å². The molecule has 0 bridgehead atoms. The van der Waals surface area contributed by atoms with Crippen molar-refractivity contribution in [2.24, 2.45) is 0 Å². The number of benzene rings is 1. The average molecular weight is 324 g/mol. The molecule has 4 nitrogen and oxygen atoms in total. The molecule has 1 aromatic carbocycles. The Labute approximate surface area is 145 Å². The number of aromatic nitrogens is 2. The molecular weight excluding hydrogens is 296 g/mol. The number of hydrogen-bond acceptors (Lipinski definition) is 4. The van der Waals surface area contributed by atoms with E-state index in [0.29, 0.717) is 17.9 Å². The minimum atomic E-state index is 0.168. The summed E-state index contributed by atoms with van der Waals surface area (Å²) in [4.78, 5) is 9.28. The number of hydrogen-bond donors (Lipinski definition) is 2. The topological polar surface area (TPSA) is 49.8 Å². The minimum absolute atomic E-state index is 0.168. The van der Waals surface area contributed by atoms with Crippen LogP contribution in [0.15, 0.2) is 30.3 Å². The van der Waals surface area contributed by atoms with Crippen molar-refractivity contribution >= 4 is 17.5 Å². The van der Waals surface area contributed by atoms with Gasteiger partial charge in [0, 0.05) is 23.7 Å². The monoisotopic (exact) mass is 324 g/mol. The highest BCUT2D eigenvalue weighted by molar-refractivity contribution is 5.58. The third-order valence-electron chi connectivity index (χ3n) is 4.18. The number of anilines is 3. The molecule has 0 aliphatic heterocycles. The van der Waals surface area contributed by atoms with E-state index in [-0.39, 0.29) is 5.41 Å². The van der Waals surface area contributed by atoms with Gasteiger partial charge in [0.1, 0.15) is 5.82 Å². The van der Waals surface area contributed by atoms with E-state index in [4.69, 9.17) is 0 Å². The number of nitrogens with zero attached hydrogens (tertiary/aromatic N) is 2. The van der Waals surface area contributed by atoms with Crippen molar-refractivity contribution in [3.8, 4) is 0 Å². The van der Waals surface area contributed by atoms with Crippen molar-refractivity contribution in [3.63, 3.8) is 0 Å². The molecule has 0 amide bonds. The van der Waals surface area contributed by atoms with Crippen molar-refractivity contribution in [3.05, 3.63) is 41.6 Å². The van der Waals surface area contributed by atoms with Gasteiger partial charge in [0.05, 0.1) is 5.69 Å². The Hall–Kier alpha value is -2.10. The molecule has 2 aromatic rings. The van der Waals surface area contributed by atoms with Crippen LogP contribution in [-0.4, -0.2) is 16.0 Å². The lowest BCUT2D eigenvalue weighted by Gasteiger charge is -2.19. The molecule has 4 heteroatoms. The summed E-state index contributed by atoms with van der Waals surface area (Å²) in [6.45, 7) is 10.9. The van der Waals surface area contributed by atoms with Gasteiger partial charge in [0.15, 0.2) is 0 Å². The number of rotatable bonds is 5. The van der Waals surface area contributed by atoms with Gasteiger partial charge < -0.3 is 10.6 Å². The molecule has 128 valence electrons. The fourth-order valence-corrected chi connectivity index (χ4v) is 2.64. The van der Waals surface area contributed by atoms with Crippen LogP contribution >= 0.6 is 0 Å². The molecule has 1 aromatic heterocycles.